The number of nitrogens with zero attached hydrogens (tertiary/aromatic N) is 1. The number of benzene rings is 2. The molecule has 0 amide bonds. The number of aryl methyl sites for hydroxylation is 2. The Bertz CT molecular complexity index is 702. The van der Waals surface area contributed by atoms with Crippen LogP contribution in [0.15, 0.2) is 30.3 Å². The van der Waals surface area contributed by atoms with Crippen molar-refractivity contribution < 1.29 is 10.0 Å². The zero-order valence-corrected chi connectivity index (χ0v) is 12.4. The average molecular weight is 307 g/mol. The van der Waals surface area contributed by atoms with Crippen molar-refractivity contribution in [2.24, 2.45) is 0 Å². The van der Waals surface area contributed by atoms with E-state index in [0.29, 0.717) is 22.7 Å². The van der Waals surface area contributed by atoms with Gasteiger partial charge in [0.15, 0.2) is 0 Å². The molecule has 0 atom stereocenters. The second-order valence-electron chi connectivity index (χ2n) is 4.81. The molecule has 0 fully saturated rings. The topological polar surface area (TPSA) is 75.4 Å². The van der Waals surface area contributed by atoms with E-state index in [0.717, 1.165) is 11.3 Å². The number of anilines is 1. The summed E-state index contributed by atoms with van der Waals surface area (Å²) >= 11 is 5.85. The van der Waals surface area contributed by atoms with Crippen LogP contribution < -0.4 is 5.32 Å². The van der Waals surface area contributed by atoms with E-state index in [1.165, 1.54) is 6.07 Å². The van der Waals surface area contributed by atoms with E-state index in [2.05, 4.69) is 5.32 Å². The Morgan fingerprint density at radius 1 is 1.29 bits per heavy atom. The lowest BCUT2D eigenvalue weighted by Crippen LogP contribution is -2.03. The number of rotatable bonds is 4. The van der Waals surface area contributed by atoms with Crippen molar-refractivity contribution in [1.82, 2.24) is 0 Å². The van der Waals surface area contributed by atoms with Gasteiger partial charge in [-0.3, -0.25) is 10.1 Å². The van der Waals surface area contributed by atoms with Crippen LogP contribution in [0, 0.1) is 24.0 Å². The molecule has 0 saturated heterocycles. The molecule has 5 nitrogen and oxygen atoms in total. The van der Waals surface area contributed by atoms with Crippen LogP contribution in [0.5, 0.6) is 5.75 Å². The van der Waals surface area contributed by atoms with E-state index < -0.39 is 4.92 Å². The number of para-hydroxylation sites is 1. The number of nitro groups is 1. The predicted molar refractivity (Wildman–Crippen MR) is 83.0 cm³/mol. The molecule has 110 valence electrons. The molecule has 0 aromatic heterocycles. The third-order valence-corrected chi connectivity index (χ3v) is 3.58. The minimum absolute atomic E-state index is 0.0444. The van der Waals surface area contributed by atoms with Gasteiger partial charge in [0, 0.05) is 29.4 Å². The van der Waals surface area contributed by atoms with Crippen LogP contribution in [0.2, 0.25) is 5.02 Å². The van der Waals surface area contributed by atoms with Gasteiger partial charge in [-0.15, -0.1) is 0 Å². The van der Waals surface area contributed by atoms with Crippen LogP contribution in [0.25, 0.3) is 0 Å². The SMILES string of the molecule is Cc1cc([N+](=O)[O-])c(C)cc1NCc1cccc(Cl)c1O. The standard InChI is InChI=1S/C15H15ClN2O3/c1-9-7-14(18(20)21)10(2)6-13(9)17-8-11-4-3-5-12(16)15(11)19/h3-7,17,19H,8H2,1-2H3. The van der Waals surface area contributed by atoms with Crippen LogP contribution >= 0.6 is 11.6 Å². The van der Waals surface area contributed by atoms with Crippen LogP contribution in [-0.4, -0.2) is 10.0 Å². The summed E-state index contributed by atoms with van der Waals surface area (Å²) in [5, 5.41) is 24.2. The molecule has 21 heavy (non-hydrogen) atoms. The van der Waals surface area contributed by atoms with Crippen molar-refractivity contribution in [3.8, 4) is 5.75 Å². The molecule has 0 aliphatic heterocycles. The Balaban J connectivity index is 2.23. The quantitative estimate of drug-likeness (QED) is 0.656. The molecular weight excluding hydrogens is 292 g/mol. The highest BCUT2D eigenvalue weighted by Crippen LogP contribution is 2.29. The average Bonchev–Trinajstić information content (AvgIpc) is 2.43. The van der Waals surface area contributed by atoms with Gasteiger partial charge in [-0.2, -0.15) is 0 Å². The summed E-state index contributed by atoms with van der Waals surface area (Å²) in [6.07, 6.45) is 0. The molecule has 0 unspecified atom stereocenters. The fraction of sp³-hybridized carbons (Fsp3) is 0.200. The number of nitrogens with one attached hydrogen (secondary N) is 1. The van der Waals surface area contributed by atoms with Crippen molar-refractivity contribution >= 4 is 23.0 Å². The molecule has 0 heterocycles. The van der Waals surface area contributed by atoms with Gasteiger partial charge in [0.1, 0.15) is 5.75 Å². The number of hydrogen-bond acceptors (Lipinski definition) is 4. The van der Waals surface area contributed by atoms with E-state index in [1.54, 1.807) is 38.1 Å². The second kappa shape index (κ2) is 6.01. The minimum Gasteiger partial charge on any atom is -0.506 e. The highest BCUT2D eigenvalue weighted by atomic mass is 35.5. The molecule has 0 aliphatic carbocycles. The third-order valence-electron chi connectivity index (χ3n) is 3.28. The molecule has 6 heteroatoms. The molecule has 0 aliphatic rings. The van der Waals surface area contributed by atoms with Gasteiger partial charge < -0.3 is 10.4 Å². The largest absolute Gasteiger partial charge is 0.506 e. The lowest BCUT2D eigenvalue weighted by Gasteiger charge is -2.12. The second-order valence-corrected chi connectivity index (χ2v) is 5.22. The van der Waals surface area contributed by atoms with E-state index in [1.807, 2.05) is 0 Å². The molecule has 2 aromatic carbocycles. The first-order valence-corrected chi connectivity index (χ1v) is 6.74. The Labute approximate surface area is 127 Å². The summed E-state index contributed by atoms with van der Waals surface area (Å²) in [5.74, 6) is 0.0444. The van der Waals surface area contributed by atoms with Crippen molar-refractivity contribution in [1.29, 1.82) is 0 Å². The lowest BCUT2D eigenvalue weighted by molar-refractivity contribution is -0.385. The smallest absolute Gasteiger partial charge is 0.272 e. The van der Waals surface area contributed by atoms with Gasteiger partial charge in [0.2, 0.25) is 0 Å². The maximum absolute atomic E-state index is 10.9. The van der Waals surface area contributed by atoms with Gasteiger partial charge in [0.05, 0.1) is 9.95 Å². The van der Waals surface area contributed by atoms with Crippen LogP contribution in [0.1, 0.15) is 16.7 Å². The zero-order valence-electron chi connectivity index (χ0n) is 11.7. The maximum Gasteiger partial charge on any atom is 0.272 e. The number of halogens is 1. The summed E-state index contributed by atoms with van der Waals surface area (Å²) < 4.78 is 0. The fourth-order valence-corrected chi connectivity index (χ4v) is 2.28. The molecule has 2 rings (SSSR count). The Kier molecular flexibility index (Phi) is 4.33. The normalized spacial score (nSPS) is 10.4. The number of aromatic hydroxyl groups is 1. The summed E-state index contributed by atoms with van der Waals surface area (Å²) in [4.78, 5) is 10.5. The first kappa shape index (κ1) is 15.1. The maximum atomic E-state index is 10.9. The monoisotopic (exact) mass is 306 g/mol. The minimum atomic E-state index is -0.394. The molecule has 0 bridgehead atoms. The van der Waals surface area contributed by atoms with Crippen LogP contribution in [0.4, 0.5) is 11.4 Å². The van der Waals surface area contributed by atoms with Crippen molar-refractivity contribution in [3.05, 3.63) is 62.2 Å². The number of phenols is 1. The van der Waals surface area contributed by atoms with E-state index >= 15 is 0 Å². The van der Waals surface area contributed by atoms with Crippen molar-refractivity contribution in [2.45, 2.75) is 20.4 Å². The Morgan fingerprint density at radius 3 is 2.67 bits per heavy atom. The van der Waals surface area contributed by atoms with Crippen molar-refractivity contribution in [2.75, 3.05) is 5.32 Å². The van der Waals surface area contributed by atoms with Gasteiger partial charge in [-0.05, 0) is 31.5 Å². The summed E-state index contributed by atoms with van der Waals surface area (Å²) in [6, 6.07) is 8.40. The Hall–Kier alpha value is -2.27. The van der Waals surface area contributed by atoms with E-state index in [-0.39, 0.29) is 11.4 Å². The molecule has 0 saturated carbocycles. The van der Waals surface area contributed by atoms with Gasteiger partial charge in [0.25, 0.3) is 5.69 Å². The summed E-state index contributed by atoms with van der Waals surface area (Å²) in [5.41, 5.74) is 2.91. The number of phenolic OH excluding ortho intramolecular Hbond substituents is 1. The number of nitro benzene ring substituents is 1. The molecule has 0 spiro atoms. The van der Waals surface area contributed by atoms with Gasteiger partial charge >= 0.3 is 0 Å². The molecule has 2 N–H and O–H groups in total. The highest BCUT2D eigenvalue weighted by molar-refractivity contribution is 6.32. The highest BCUT2D eigenvalue weighted by Gasteiger charge is 2.13. The predicted octanol–water partition coefficient (Wildman–Crippen LogP) is 4.18. The van der Waals surface area contributed by atoms with Crippen molar-refractivity contribution in [3.63, 3.8) is 0 Å². The van der Waals surface area contributed by atoms with Gasteiger partial charge in [-0.1, -0.05) is 23.7 Å². The first-order chi connectivity index (χ1) is 9.90. The molecule has 2 aromatic rings. The fourth-order valence-electron chi connectivity index (χ4n) is 2.08. The number of hydrogen-bond donors (Lipinski definition) is 2. The lowest BCUT2D eigenvalue weighted by atomic mass is 10.1. The van der Waals surface area contributed by atoms with Gasteiger partial charge in [-0.25, -0.2) is 0 Å². The molecular formula is C15H15ClN2O3. The third kappa shape index (κ3) is 3.25. The van der Waals surface area contributed by atoms with E-state index in [9.17, 15) is 15.2 Å². The summed E-state index contributed by atoms with van der Waals surface area (Å²) in [7, 11) is 0. The van der Waals surface area contributed by atoms with E-state index in [4.69, 9.17) is 11.6 Å². The summed E-state index contributed by atoms with van der Waals surface area (Å²) in [6.45, 7) is 3.87. The van der Waals surface area contributed by atoms with Crippen LogP contribution in [-0.2, 0) is 6.54 Å². The molecule has 0 radical (unpaired) electrons. The zero-order chi connectivity index (χ0) is 15.6. The first-order valence-electron chi connectivity index (χ1n) is 6.36. The Morgan fingerprint density at radius 2 is 2.00 bits per heavy atom. The van der Waals surface area contributed by atoms with Crippen LogP contribution in [0.3, 0.4) is 0 Å².